The number of rotatable bonds is 1. The molecule has 0 radical (unpaired) electrons. The molecule has 15 heavy (non-hydrogen) atoms. The van der Waals surface area contributed by atoms with Crippen molar-refractivity contribution in [2.24, 2.45) is 0 Å². The number of hydrogen-bond acceptors (Lipinski definition) is 3. The topological polar surface area (TPSA) is 46.5 Å². The molecule has 0 unspecified atom stereocenters. The summed E-state index contributed by atoms with van der Waals surface area (Å²) in [7, 11) is 0. The summed E-state index contributed by atoms with van der Waals surface area (Å²) in [4.78, 5) is 10.9. The molecule has 0 aliphatic carbocycles. The van der Waals surface area contributed by atoms with Crippen molar-refractivity contribution in [2.75, 3.05) is 0 Å². The van der Waals surface area contributed by atoms with Crippen molar-refractivity contribution < 1.29 is 14.6 Å². The van der Waals surface area contributed by atoms with Crippen molar-refractivity contribution in [2.45, 2.75) is 6.92 Å². The number of esters is 1. The minimum Gasteiger partial charge on any atom is -0.508 e. The van der Waals surface area contributed by atoms with Crippen LogP contribution in [0.3, 0.4) is 0 Å². The number of carbonyl (C=O) groups excluding carboxylic acids is 1. The van der Waals surface area contributed by atoms with Crippen LogP contribution in [0, 0.1) is 0 Å². The number of phenols is 1. The van der Waals surface area contributed by atoms with Gasteiger partial charge in [0.25, 0.3) is 0 Å². The van der Waals surface area contributed by atoms with Crippen molar-refractivity contribution in [3.05, 3.63) is 36.4 Å². The highest BCUT2D eigenvalue weighted by Gasteiger charge is 2.06. The SMILES string of the molecule is CC(=O)Oc1cc(O)cc2ccccc12. The van der Waals surface area contributed by atoms with Gasteiger partial charge in [-0.05, 0) is 11.5 Å². The summed E-state index contributed by atoms with van der Waals surface area (Å²) in [6, 6.07) is 10.5. The summed E-state index contributed by atoms with van der Waals surface area (Å²) in [6.45, 7) is 1.33. The Bertz CT molecular complexity index is 517. The molecule has 2 aromatic rings. The van der Waals surface area contributed by atoms with Crippen LogP contribution in [0.5, 0.6) is 11.5 Å². The number of hydrogen-bond donors (Lipinski definition) is 1. The van der Waals surface area contributed by atoms with Gasteiger partial charge in [0, 0.05) is 18.4 Å². The Balaban J connectivity index is 2.65. The van der Waals surface area contributed by atoms with Gasteiger partial charge in [0.2, 0.25) is 0 Å². The standard InChI is InChI=1S/C12H10O3/c1-8(13)15-12-7-10(14)6-9-4-2-3-5-11(9)12/h2-7,14H,1H3. The fourth-order valence-corrected chi connectivity index (χ4v) is 1.50. The smallest absolute Gasteiger partial charge is 0.308 e. The molecular weight excluding hydrogens is 192 g/mol. The Morgan fingerprint density at radius 1 is 1.27 bits per heavy atom. The van der Waals surface area contributed by atoms with Crippen LogP contribution in [0.15, 0.2) is 36.4 Å². The van der Waals surface area contributed by atoms with Gasteiger partial charge in [-0.25, -0.2) is 0 Å². The van der Waals surface area contributed by atoms with Gasteiger partial charge in [0.1, 0.15) is 11.5 Å². The van der Waals surface area contributed by atoms with E-state index in [1.54, 1.807) is 6.07 Å². The van der Waals surface area contributed by atoms with Crippen molar-refractivity contribution in [3.8, 4) is 11.5 Å². The van der Waals surface area contributed by atoms with Crippen LogP contribution in [0.1, 0.15) is 6.92 Å². The highest BCUT2D eigenvalue weighted by molar-refractivity contribution is 5.91. The van der Waals surface area contributed by atoms with E-state index in [0.717, 1.165) is 10.8 Å². The average molecular weight is 202 g/mol. The van der Waals surface area contributed by atoms with Crippen LogP contribution < -0.4 is 4.74 Å². The third-order valence-electron chi connectivity index (χ3n) is 2.06. The summed E-state index contributed by atoms with van der Waals surface area (Å²) in [5.74, 6) is 0.0776. The molecule has 2 aromatic carbocycles. The molecule has 2 rings (SSSR count). The lowest BCUT2D eigenvalue weighted by atomic mass is 10.1. The van der Waals surface area contributed by atoms with Gasteiger partial charge < -0.3 is 9.84 Å². The lowest BCUT2D eigenvalue weighted by Crippen LogP contribution is -2.01. The molecule has 0 fully saturated rings. The lowest BCUT2D eigenvalue weighted by Gasteiger charge is -2.06. The molecule has 0 amide bonds. The van der Waals surface area contributed by atoms with Crippen LogP contribution in [0.2, 0.25) is 0 Å². The Morgan fingerprint density at radius 3 is 2.73 bits per heavy atom. The van der Waals surface area contributed by atoms with E-state index in [-0.39, 0.29) is 5.75 Å². The first-order valence-electron chi connectivity index (χ1n) is 4.57. The zero-order valence-corrected chi connectivity index (χ0v) is 8.23. The van der Waals surface area contributed by atoms with Crippen LogP contribution in [-0.2, 0) is 4.79 Å². The molecule has 0 atom stereocenters. The minimum absolute atomic E-state index is 0.0879. The second-order valence-corrected chi connectivity index (χ2v) is 3.26. The number of aromatic hydroxyl groups is 1. The molecule has 0 saturated heterocycles. The van der Waals surface area contributed by atoms with Crippen LogP contribution >= 0.6 is 0 Å². The monoisotopic (exact) mass is 202 g/mol. The highest BCUT2D eigenvalue weighted by atomic mass is 16.5. The number of phenolic OH excluding ortho intramolecular Hbond substituents is 1. The van der Waals surface area contributed by atoms with Gasteiger partial charge in [-0.3, -0.25) is 4.79 Å². The first-order valence-corrected chi connectivity index (χ1v) is 4.57. The molecule has 3 nitrogen and oxygen atoms in total. The number of carbonyl (C=O) groups is 1. The predicted molar refractivity (Wildman–Crippen MR) is 56.9 cm³/mol. The Kier molecular flexibility index (Phi) is 2.29. The van der Waals surface area contributed by atoms with Crippen molar-refractivity contribution >= 4 is 16.7 Å². The highest BCUT2D eigenvalue weighted by Crippen LogP contribution is 2.30. The Morgan fingerprint density at radius 2 is 2.00 bits per heavy atom. The van der Waals surface area contributed by atoms with Crippen LogP contribution in [0.4, 0.5) is 0 Å². The summed E-state index contributed by atoms with van der Waals surface area (Å²) in [5, 5.41) is 11.1. The van der Waals surface area contributed by atoms with Gasteiger partial charge >= 0.3 is 5.97 Å². The van der Waals surface area contributed by atoms with Crippen molar-refractivity contribution in [1.29, 1.82) is 0 Å². The van der Waals surface area contributed by atoms with E-state index in [2.05, 4.69) is 0 Å². The summed E-state index contributed by atoms with van der Waals surface area (Å²) >= 11 is 0. The van der Waals surface area contributed by atoms with Crippen LogP contribution in [-0.4, -0.2) is 11.1 Å². The molecule has 0 heterocycles. The number of ether oxygens (including phenoxy) is 1. The van der Waals surface area contributed by atoms with E-state index in [1.165, 1.54) is 13.0 Å². The fourth-order valence-electron chi connectivity index (χ4n) is 1.50. The molecule has 3 heteroatoms. The van der Waals surface area contributed by atoms with Gasteiger partial charge in [-0.1, -0.05) is 24.3 Å². The Labute approximate surface area is 86.9 Å². The molecule has 1 N–H and O–H groups in total. The largest absolute Gasteiger partial charge is 0.508 e. The van der Waals surface area contributed by atoms with Gasteiger partial charge in [0.15, 0.2) is 0 Å². The minimum atomic E-state index is -0.397. The van der Waals surface area contributed by atoms with E-state index in [0.29, 0.717) is 5.75 Å². The fraction of sp³-hybridized carbons (Fsp3) is 0.0833. The van der Waals surface area contributed by atoms with E-state index < -0.39 is 5.97 Å². The Hall–Kier alpha value is -2.03. The molecule has 0 aromatic heterocycles. The number of fused-ring (bicyclic) bond motifs is 1. The van der Waals surface area contributed by atoms with E-state index in [9.17, 15) is 9.90 Å². The van der Waals surface area contributed by atoms with E-state index in [4.69, 9.17) is 4.74 Å². The van der Waals surface area contributed by atoms with Gasteiger partial charge in [-0.2, -0.15) is 0 Å². The zero-order chi connectivity index (χ0) is 10.8. The summed E-state index contributed by atoms with van der Waals surface area (Å²) in [6.07, 6.45) is 0. The van der Waals surface area contributed by atoms with Crippen LogP contribution in [0.25, 0.3) is 10.8 Å². The molecule has 0 saturated carbocycles. The molecule has 0 spiro atoms. The third kappa shape index (κ3) is 1.91. The van der Waals surface area contributed by atoms with Gasteiger partial charge in [-0.15, -0.1) is 0 Å². The molecule has 76 valence electrons. The van der Waals surface area contributed by atoms with Crippen molar-refractivity contribution in [3.63, 3.8) is 0 Å². The maximum atomic E-state index is 10.9. The number of benzene rings is 2. The normalized spacial score (nSPS) is 10.2. The van der Waals surface area contributed by atoms with E-state index in [1.807, 2.05) is 24.3 Å². The second-order valence-electron chi connectivity index (χ2n) is 3.26. The maximum Gasteiger partial charge on any atom is 0.308 e. The molecule has 0 aliphatic rings. The second kappa shape index (κ2) is 3.61. The summed E-state index contributed by atoms with van der Waals surface area (Å²) < 4.78 is 5.01. The zero-order valence-electron chi connectivity index (χ0n) is 8.23. The third-order valence-corrected chi connectivity index (χ3v) is 2.06. The molecule has 0 bridgehead atoms. The molecule has 0 aliphatic heterocycles. The maximum absolute atomic E-state index is 10.9. The average Bonchev–Trinajstić information content (AvgIpc) is 2.16. The predicted octanol–water partition coefficient (Wildman–Crippen LogP) is 2.47. The van der Waals surface area contributed by atoms with Crippen molar-refractivity contribution in [1.82, 2.24) is 0 Å². The van der Waals surface area contributed by atoms with Gasteiger partial charge in [0.05, 0.1) is 0 Å². The first-order chi connectivity index (χ1) is 7.16. The summed E-state index contributed by atoms with van der Waals surface area (Å²) in [5.41, 5.74) is 0. The quantitative estimate of drug-likeness (QED) is 0.570. The molecular formula is C12H10O3. The van der Waals surface area contributed by atoms with E-state index >= 15 is 0 Å². The lowest BCUT2D eigenvalue weighted by molar-refractivity contribution is -0.131. The first kappa shape index (κ1) is 9.52.